The van der Waals surface area contributed by atoms with E-state index in [1.54, 1.807) is 25.3 Å². The maximum absolute atomic E-state index is 14.0. The summed E-state index contributed by atoms with van der Waals surface area (Å²) in [6.07, 6.45) is 1.40. The summed E-state index contributed by atoms with van der Waals surface area (Å²) < 4.78 is 20.0. The van der Waals surface area contributed by atoms with E-state index in [0.717, 1.165) is 9.86 Å². The highest BCUT2D eigenvalue weighted by molar-refractivity contribution is 9.10. The molecule has 1 aromatic heterocycles. The molecule has 3 rings (SSSR count). The molecule has 0 radical (unpaired) electrons. The summed E-state index contributed by atoms with van der Waals surface area (Å²) in [6, 6.07) is 8.34. The minimum absolute atomic E-state index is 0.0474. The molecule has 2 aromatic carbocycles. The molecule has 1 heterocycles. The Kier molecular flexibility index (Phi) is 4.13. The summed E-state index contributed by atoms with van der Waals surface area (Å²) in [7, 11) is 1.58. The summed E-state index contributed by atoms with van der Waals surface area (Å²) in [4.78, 5) is 8.38. The number of anilines is 2. The van der Waals surface area contributed by atoms with Gasteiger partial charge in [-0.2, -0.15) is 0 Å². The minimum Gasteiger partial charge on any atom is -0.495 e. The van der Waals surface area contributed by atoms with E-state index in [-0.39, 0.29) is 10.7 Å². The van der Waals surface area contributed by atoms with E-state index >= 15 is 0 Å². The van der Waals surface area contributed by atoms with Crippen LogP contribution in [0.15, 0.2) is 41.1 Å². The van der Waals surface area contributed by atoms with Crippen LogP contribution in [0.1, 0.15) is 0 Å². The fourth-order valence-corrected chi connectivity index (χ4v) is 2.72. The van der Waals surface area contributed by atoms with Crippen molar-refractivity contribution in [2.45, 2.75) is 0 Å². The molecule has 3 aromatic rings. The van der Waals surface area contributed by atoms with Gasteiger partial charge in [-0.1, -0.05) is 17.7 Å². The normalized spacial score (nSPS) is 10.7. The molecule has 0 spiro atoms. The van der Waals surface area contributed by atoms with Crippen LogP contribution >= 0.6 is 27.5 Å². The summed E-state index contributed by atoms with van der Waals surface area (Å²) in [5.74, 6) is 0.615. The second-order valence-electron chi connectivity index (χ2n) is 4.45. The van der Waals surface area contributed by atoms with Gasteiger partial charge in [0.1, 0.15) is 17.9 Å². The van der Waals surface area contributed by atoms with Crippen LogP contribution in [0.4, 0.5) is 15.9 Å². The van der Waals surface area contributed by atoms with E-state index in [0.29, 0.717) is 17.1 Å². The molecule has 0 bridgehead atoms. The van der Waals surface area contributed by atoms with E-state index in [9.17, 15) is 4.39 Å². The zero-order chi connectivity index (χ0) is 15.7. The maximum Gasteiger partial charge on any atom is 0.165 e. The number of nitrogens with one attached hydrogen (secondary N) is 1. The predicted octanol–water partition coefficient (Wildman–Crippen LogP) is 4.94. The molecule has 0 amide bonds. The number of benzene rings is 2. The fraction of sp³-hybridized carbons (Fsp3) is 0.0667. The van der Waals surface area contributed by atoms with Gasteiger partial charge in [0, 0.05) is 11.5 Å². The van der Waals surface area contributed by atoms with Crippen molar-refractivity contribution >= 4 is 49.9 Å². The van der Waals surface area contributed by atoms with Crippen molar-refractivity contribution in [2.75, 3.05) is 12.4 Å². The molecule has 0 aliphatic heterocycles. The van der Waals surface area contributed by atoms with Crippen LogP contribution in [0, 0.1) is 5.82 Å². The Balaban J connectivity index is 2.11. The zero-order valence-corrected chi connectivity index (χ0v) is 13.7. The topological polar surface area (TPSA) is 47.0 Å². The van der Waals surface area contributed by atoms with Gasteiger partial charge in [-0.3, -0.25) is 0 Å². The second-order valence-corrected chi connectivity index (χ2v) is 5.71. The first-order valence-electron chi connectivity index (χ1n) is 6.29. The van der Waals surface area contributed by atoms with Crippen LogP contribution in [0.3, 0.4) is 0 Å². The first-order chi connectivity index (χ1) is 10.6. The van der Waals surface area contributed by atoms with Crippen molar-refractivity contribution in [1.82, 2.24) is 9.97 Å². The lowest BCUT2D eigenvalue weighted by atomic mass is 10.2. The van der Waals surface area contributed by atoms with E-state index in [1.165, 1.54) is 12.4 Å². The number of fused-ring (bicyclic) bond motifs is 1. The molecular weight excluding hydrogens is 373 g/mol. The molecular formula is C15H10BrClFN3O. The molecule has 22 heavy (non-hydrogen) atoms. The summed E-state index contributed by atoms with van der Waals surface area (Å²) in [5, 5.41) is 3.73. The van der Waals surface area contributed by atoms with Crippen molar-refractivity contribution in [2.24, 2.45) is 0 Å². The SMILES string of the molecule is COc1cc2ncnc(Nc3cccc(Cl)c3F)c2cc1Br. The van der Waals surface area contributed by atoms with Crippen LogP contribution in [-0.4, -0.2) is 17.1 Å². The van der Waals surface area contributed by atoms with Crippen LogP contribution in [0.25, 0.3) is 10.9 Å². The molecule has 0 saturated carbocycles. The number of hydrogen-bond donors (Lipinski definition) is 1. The number of halogens is 3. The Bertz CT molecular complexity index is 860. The van der Waals surface area contributed by atoms with Gasteiger partial charge in [0.15, 0.2) is 5.82 Å². The van der Waals surface area contributed by atoms with Gasteiger partial charge in [-0.15, -0.1) is 0 Å². The molecule has 112 valence electrons. The highest BCUT2D eigenvalue weighted by Gasteiger charge is 2.12. The number of methoxy groups -OCH3 is 1. The van der Waals surface area contributed by atoms with Gasteiger partial charge >= 0.3 is 0 Å². The minimum atomic E-state index is -0.525. The quantitative estimate of drug-likeness (QED) is 0.697. The lowest BCUT2D eigenvalue weighted by molar-refractivity contribution is 0.412. The summed E-state index contributed by atoms with van der Waals surface area (Å²) >= 11 is 9.21. The average molecular weight is 383 g/mol. The first kappa shape index (κ1) is 15.0. The molecule has 0 fully saturated rings. The standard InChI is InChI=1S/C15H10BrClFN3O/c1-22-13-6-12-8(5-9(13)16)15(20-7-19-12)21-11-4-2-3-10(17)14(11)18/h2-7H,1H3,(H,19,20,21). The number of aromatic nitrogens is 2. The number of hydrogen-bond acceptors (Lipinski definition) is 4. The largest absolute Gasteiger partial charge is 0.495 e. The van der Waals surface area contributed by atoms with E-state index in [1.807, 2.05) is 6.07 Å². The zero-order valence-electron chi connectivity index (χ0n) is 11.4. The third-order valence-corrected chi connectivity index (χ3v) is 4.03. The average Bonchev–Trinajstić information content (AvgIpc) is 2.52. The Hall–Kier alpha value is -1.92. The van der Waals surface area contributed by atoms with Gasteiger partial charge < -0.3 is 10.1 Å². The summed E-state index contributed by atoms with van der Waals surface area (Å²) in [6.45, 7) is 0. The Labute approximate surface area is 139 Å². The molecule has 0 unspecified atom stereocenters. The van der Waals surface area contributed by atoms with Crippen molar-refractivity contribution in [3.63, 3.8) is 0 Å². The molecule has 0 aliphatic carbocycles. The third kappa shape index (κ3) is 2.71. The Morgan fingerprint density at radius 1 is 1.27 bits per heavy atom. The van der Waals surface area contributed by atoms with Crippen LogP contribution < -0.4 is 10.1 Å². The Morgan fingerprint density at radius 2 is 2.09 bits per heavy atom. The van der Waals surface area contributed by atoms with Gasteiger partial charge in [0.2, 0.25) is 0 Å². The first-order valence-corrected chi connectivity index (χ1v) is 7.46. The molecule has 0 aliphatic rings. The van der Waals surface area contributed by atoms with Gasteiger partial charge in [0.05, 0.1) is 27.8 Å². The van der Waals surface area contributed by atoms with Gasteiger partial charge in [-0.25, -0.2) is 14.4 Å². The van der Waals surface area contributed by atoms with E-state index in [4.69, 9.17) is 16.3 Å². The van der Waals surface area contributed by atoms with E-state index in [2.05, 4.69) is 31.2 Å². The number of rotatable bonds is 3. The fourth-order valence-electron chi connectivity index (χ4n) is 2.04. The van der Waals surface area contributed by atoms with Crippen LogP contribution in [0.5, 0.6) is 5.75 Å². The lowest BCUT2D eigenvalue weighted by Crippen LogP contribution is -1.99. The van der Waals surface area contributed by atoms with E-state index < -0.39 is 5.82 Å². The monoisotopic (exact) mass is 381 g/mol. The number of ether oxygens (including phenoxy) is 1. The maximum atomic E-state index is 14.0. The predicted molar refractivity (Wildman–Crippen MR) is 88.5 cm³/mol. The highest BCUT2D eigenvalue weighted by Crippen LogP contribution is 2.33. The molecule has 0 saturated heterocycles. The van der Waals surface area contributed by atoms with Crippen LogP contribution in [0.2, 0.25) is 5.02 Å². The molecule has 1 N–H and O–H groups in total. The third-order valence-electron chi connectivity index (χ3n) is 3.11. The Morgan fingerprint density at radius 3 is 2.86 bits per heavy atom. The van der Waals surface area contributed by atoms with Crippen molar-refractivity contribution < 1.29 is 9.13 Å². The second kappa shape index (κ2) is 6.06. The molecule has 7 heteroatoms. The molecule has 4 nitrogen and oxygen atoms in total. The van der Waals surface area contributed by atoms with Crippen molar-refractivity contribution in [1.29, 1.82) is 0 Å². The highest BCUT2D eigenvalue weighted by atomic mass is 79.9. The van der Waals surface area contributed by atoms with Crippen molar-refractivity contribution in [3.8, 4) is 5.75 Å². The number of nitrogens with zero attached hydrogens (tertiary/aromatic N) is 2. The lowest BCUT2D eigenvalue weighted by Gasteiger charge is -2.11. The molecule has 0 atom stereocenters. The summed E-state index contributed by atoms with van der Waals surface area (Å²) in [5.41, 5.74) is 0.930. The van der Waals surface area contributed by atoms with Gasteiger partial charge in [-0.05, 0) is 34.1 Å². The van der Waals surface area contributed by atoms with Crippen LogP contribution in [-0.2, 0) is 0 Å². The smallest absolute Gasteiger partial charge is 0.165 e. The van der Waals surface area contributed by atoms with Crippen molar-refractivity contribution in [3.05, 3.63) is 52.0 Å². The van der Waals surface area contributed by atoms with Gasteiger partial charge in [0.25, 0.3) is 0 Å².